The maximum Gasteiger partial charge on any atom is 0.312 e. The monoisotopic (exact) mass is 259 g/mol. The summed E-state index contributed by atoms with van der Waals surface area (Å²) in [7, 11) is 1.35. The number of methoxy groups -OCH3 is 1. The second kappa shape index (κ2) is 5.30. The van der Waals surface area contributed by atoms with Crippen LogP contribution in [0, 0.1) is 0 Å². The van der Waals surface area contributed by atoms with Gasteiger partial charge in [-0.1, -0.05) is 0 Å². The van der Waals surface area contributed by atoms with Gasteiger partial charge in [0.15, 0.2) is 0 Å². The van der Waals surface area contributed by atoms with E-state index >= 15 is 0 Å². The van der Waals surface area contributed by atoms with Gasteiger partial charge in [0.1, 0.15) is 5.75 Å². The van der Waals surface area contributed by atoms with Gasteiger partial charge in [-0.15, -0.1) is 0 Å². The van der Waals surface area contributed by atoms with Crippen molar-refractivity contribution in [2.75, 3.05) is 13.7 Å². The summed E-state index contributed by atoms with van der Waals surface area (Å²) >= 11 is 0. The van der Waals surface area contributed by atoms with Crippen molar-refractivity contribution in [3.8, 4) is 5.75 Å². The second-order valence-corrected chi connectivity index (χ2v) is 3.97. The van der Waals surface area contributed by atoms with Gasteiger partial charge < -0.3 is 15.6 Å². The molecule has 0 saturated heterocycles. The Kier molecular flexibility index (Phi) is 4.24. The van der Waals surface area contributed by atoms with E-state index in [1.54, 1.807) is 0 Å². The summed E-state index contributed by atoms with van der Waals surface area (Å²) in [6, 6.07) is 3.66. The van der Waals surface area contributed by atoms with Crippen molar-refractivity contribution < 1.29 is 23.4 Å². The molecule has 1 rings (SSSR count). The van der Waals surface area contributed by atoms with E-state index in [4.69, 9.17) is 15.6 Å². The van der Waals surface area contributed by atoms with Crippen LogP contribution in [-0.2, 0) is 10.7 Å². The number of aliphatic carboxylic acids is 1. The molecule has 0 aliphatic heterocycles. The molecule has 0 aliphatic carbocycles. The number of hydrogen-bond donors (Lipinski definition) is 2. The summed E-state index contributed by atoms with van der Waals surface area (Å²) in [5.41, 5.74) is 5.26. The molecule has 1 unspecified atom stereocenters. The number of nitrogens with two attached hydrogens (primary N) is 1. The van der Waals surface area contributed by atoms with Gasteiger partial charge in [-0.3, -0.25) is 4.79 Å². The Bertz CT molecular complexity index is 443. The van der Waals surface area contributed by atoms with Crippen LogP contribution in [0.1, 0.15) is 24.0 Å². The first kappa shape index (κ1) is 14.4. The van der Waals surface area contributed by atoms with Gasteiger partial charge in [-0.25, -0.2) is 8.78 Å². The molecule has 1 aromatic rings. The molecule has 0 heterocycles. The fourth-order valence-corrected chi connectivity index (χ4v) is 1.64. The first-order valence-electron chi connectivity index (χ1n) is 5.30. The zero-order valence-corrected chi connectivity index (χ0v) is 10.1. The van der Waals surface area contributed by atoms with Gasteiger partial charge in [-0.2, -0.15) is 0 Å². The predicted octanol–water partition coefficient (Wildman–Crippen LogP) is 1.93. The number of ether oxygens (including phenoxy) is 1. The predicted molar refractivity (Wildman–Crippen MR) is 62.0 cm³/mol. The SMILES string of the molecule is COc1ccc(C(C)(F)F)cc1C(CN)C(=O)O. The summed E-state index contributed by atoms with van der Waals surface area (Å²) in [6.07, 6.45) is 0. The summed E-state index contributed by atoms with van der Waals surface area (Å²) in [5.74, 6) is -5.05. The Labute approximate surface area is 103 Å². The van der Waals surface area contributed by atoms with Crippen LogP contribution in [0.5, 0.6) is 5.75 Å². The second-order valence-electron chi connectivity index (χ2n) is 3.97. The van der Waals surface area contributed by atoms with Gasteiger partial charge in [0.25, 0.3) is 5.92 Å². The average molecular weight is 259 g/mol. The molecule has 0 aliphatic rings. The van der Waals surface area contributed by atoms with E-state index in [2.05, 4.69) is 0 Å². The maximum atomic E-state index is 13.2. The molecule has 1 aromatic carbocycles. The van der Waals surface area contributed by atoms with Crippen molar-refractivity contribution >= 4 is 5.97 Å². The third-order valence-corrected chi connectivity index (χ3v) is 2.65. The number of carbonyl (C=O) groups is 1. The van der Waals surface area contributed by atoms with Gasteiger partial charge in [-0.05, 0) is 18.2 Å². The zero-order valence-electron chi connectivity index (χ0n) is 10.1. The van der Waals surface area contributed by atoms with Crippen molar-refractivity contribution in [1.82, 2.24) is 0 Å². The van der Waals surface area contributed by atoms with Gasteiger partial charge in [0, 0.05) is 24.6 Å². The fourth-order valence-electron chi connectivity index (χ4n) is 1.64. The summed E-state index contributed by atoms with van der Waals surface area (Å²) in [4.78, 5) is 11.0. The minimum atomic E-state index is -3.04. The number of halogens is 2. The lowest BCUT2D eigenvalue weighted by Gasteiger charge is -2.18. The van der Waals surface area contributed by atoms with Crippen LogP contribution >= 0.6 is 0 Å². The molecule has 18 heavy (non-hydrogen) atoms. The van der Waals surface area contributed by atoms with Crippen LogP contribution in [0.2, 0.25) is 0 Å². The van der Waals surface area contributed by atoms with E-state index < -0.39 is 17.8 Å². The molecule has 100 valence electrons. The number of benzene rings is 1. The number of alkyl halides is 2. The number of rotatable bonds is 5. The van der Waals surface area contributed by atoms with E-state index in [9.17, 15) is 13.6 Å². The normalized spacial score (nSPS) is 13.2. The largest absolute Gasteiger partial charge is 0.496 e. The van der Waals surface area contributed by atoms with Crippen LogP contribution < -0.4 is 10.5 Å². The zero-order chi connectivity index (χ0) is 13.9. The van der Waals surface area contributed by atoms with Crippen molar-refractivity contribution in [2.45, 2.75) is 18.8 Å². The Morgan fingerprint density at radius 1 is 1.56 bits per heavy atom. The molecule has 6 heteroatoms. The highest BCUT2D eigenvalue weighted by Crippen LogP contribution is 2.34. The first-order valence-corrected chi connectivity index (χ1v) is 5.30. The molecule has 0 bridgehead atoms. The molecular weight excluding hydrogens is 244 g/mol. The van der Waals surface area contributed by atoms with Crippen LogP contribution in [0.15, 0.2) is 18.2 Å². The highest BCUT2D eigenvalue weighted by molar-refractivity contribution is 5.77. The van der Waals surface area contributed by atoms with Crippen molar-refractivity contribution in [1.29, 1.82) is 0 Å². The summed E-state index contributed by atoms with van der Waals surface area (Å²) in [6.45, 7) is 0.557. The van der Waals surface area contributed by atoms with Gasteiger partial charge >= 0.3 is 5.97 Å². The average Bonchev–Trinajstić information content (AvgIpc) is 2.28. The molecule has 0 aromatic heterocycles. The number of carboxylic acid groups (broad SMARTS) is 1. The molecule has 0 radical (unpaired) electrons. The number of carboxylic acids is 1. The van der Waals surface area contributed by atoms with Gasteiger partial charge in [0.05, 0.1) is 13.0 Å². The molecule has 0 fully saturated rings. The molecule has 1 atom stereocenters. The smallest absolute Gasteiger partial charge is 0.312 e. The Balaban J connectivity index is 3.34. The highest BCUT2D eigenvalue weighted by Gasteiger charge is 2.28. The minimum absolute atomic E-state index is 0.159. The fraction of sp³-hybridized carbons (Fsp3) is 0.417. The molecule has 3 N–H and O–H groups in total. The number of hydrogen-bond acceptors (Lipinski definition) is 3. The molecule has 0 amide bonds. The Hall–Kier alpha value is -1.69. The first-order chi connectivity index (χ1) is 8.31. The molecule has 0 spiro atoms. The van der Waals surface area contributed by atoms with E-state index in [0.29, 0.717) is 0 Å². The Morgan fingerprint density at radius 3 is 2.56 bits per heavy atom. The van der Waals surface area contributed by atoms with Crippen LogP contribution in [0.3, 0.4) is 0 Å². The molecule has 4 nitrogen and oxygen atoms in total. The van der Waals surface area contributed by atoms with E-state index in [0.717, 1.165) is 13.0 Å². The lowest BCUT2D eigenvalue weighted by Crippen LogP contribution is -2.22. The summed E-state index contributed by atoms with van der Waals surface area (Å²) < 4.78 is 31.4. The van der Waals surface area contributed by atoms with E-state index in [1.807, 2.05) is 0 Å². The lowest BCUT2D eigenvalue weighted by molar-refractivity contribution is -0.138. The van der Waals surface area contributed by atoms with Gasteiger partial charge in [0.2, 0.25) is 0 Å². The van der Waals surface area contributed by atoms with E-state index in [-0.39, 0.29) is 23.4 Å². The third-order valence-electron chi connectivity index (χ3n) is 2.65. The summed E-state index contributed by atoms with van der Waals surface area (Å²) in [5, 5.41) is 9.02. The topological polar surface area (TPSA) is 72.5 Å². The van der Waals surface area contributed by atoms with Crippen molar-refractivity contribution in [3.05, 3.63) is 29.3 Å². The van der Waals surface area contributed by atoms with E-state index in [1.165, 1.54) is 19.2 Å². The third kappa shape index (κ3) is 2.95. The molecular formula is C12H15F2NO3. The standard InChI is InChI=1S/C12H15F2NO3/c1-12(13,14)7-3-4-10(18-2)8(5-7)9(6-15)11(16)17/h3-5,9H,6,15H2,1-2H3,(H,16,17). The van der Waals surface area contributed by atoms with Crippen LogP contribution in [0.4, 0.5) is 8.78 Å². The quantitative estimate of drug-likeness (QED) is 0.847. The Morgan fingerprint density at radius 2 is 2.17 bits per heavy atom. The van der Waals surface area contributed by atoms with Crippen molar-refractivity contribution in [2.24, 2.45) is 5.73 Å². The highest BCUT2D eigenvalue weighted by atomic mass is 19.3. The van der Waals surface area contributed by atoms with Crippen LogP contribution in [0.25, 0.3) is 0 Å². The van der Waals surface area contributed by atoms with Crippen LogP contribution in [-0.4, -0.2) is 24.7 Å². The maximum absolute atomic E-state index is 13.2. The van der Waals surface area contributed by atoms with Crippen molar-refractivity contribution in [3.63, 3.8) is 0 Å². The minimum Gasteiger partial charge on any atom is -0.496 e. The molecule has 0 saturated carbocycles. The lowest BCUT2D eigenvalue weighted by atomic mass is 9.95.